The van der Waals surface area contributed by atoms with Gasteiger partial charge in [-0.1, -0.05) is 45.0 Å². The fraction of sp³-hybridized carbons (Fsp3) is 0.286. The van der Waals surface area contributed by atoms with Gasteiger partial charge < -0.3 is 15.4 Å². The summed E-state index contributed by atoms with van der Waals surface area (Å²) in [6.45, 7) is 5.30. The van der Waals surface area contributed by atoms with E-state index in [2.05, 4.69) is 31.4 Å². The van der Waals surface area contributed by atoms with Gasteiger partial charge >= 0.3 is 5.97 Å². The molecule has 2 aromatic rings. The molecule has 0 fully saturated rings. The summed E-state index contributed by atoms with van der Waals surface area (Å²) in [5, 5.41) is 4.87. The number of carbonyl (C=O) groups is 3. The van der Waals surface area contributed by atoms with Crippen molar-refractivity contribution in [2.24, 2.45) is 0 Å². The molecule has 0 saturated carbocycles. The second-order valence-electron chi connectivity index (χ2n) is 7.20. The molecule has 0 saturated heterocycles. The number of amides is 2. The Hall–Kier alpha value is -3.22. The summed E-state index contributed by atoms with van der Waals surface area (Å²) in [6, 6.07) is 12.8. The highest BCUT2D eigenvalue weighted by Crippen LogP contribution is 2.23. The van der Waals surface area contributed by atoms with Crippen molar-refractivity contribution in [3.8, 4) is 0 Å². The number of hydrogen-bond donors (Lipinski definition) is 2. The normalized spacial score (nSPS) is 10.9. The fourth-order valence-corrected chi connectivity index (χ4v) is 2.34. The van der Waals surface area contributed by atoms with Gasteiger partial charge in [-0.3, -0.25) is 14.4 Å². The Labute approximate surface area is 163 Å². The van der Waals surface area contributed by atoms with Crippen LogP contribution in [0.25, 0.3) is 0 Å². The molecule has 148 valence electrons. The molecule has 0 radical (unpaired) electrons. The fourth-order valence-electron chi connectivity index (χ4n) is 2.34. The summed E-state index contributed by atoms with van der Waals surface area (Å²) >= 11 is 0. The van der Waals surface area contributed by atoms with Crippen molar-refractivity contribution in [1.82, 2.24) is 5.32 Å². The molecule has 0 unspecified atom stereocenters. The molecule has 0 heterocycles. The summed E-state index contributed by atoms with van der Waals surface area (Å²) in [5.41, 5.74) is 1.54. The summed E-state index contributed by atoms with van der Waals surface area (Å²) in [4.78, 5) is 35.4. The monoisotopic (exact) mass is 386 g/mol. The van der Waals surface area contributed by atoms with Crippen LogP contribution in [0.5, 0.6) is 0 Å². The Morgan fingerprint density at radius 3 is 2.25 bits per heavy atom. The van der Waals surface area contributed by atoms with E-state index in [1.807, 2.05) is 12.1 Å². The molecule has 2 aromatic carbocycles. The number of esters is 1. The molecule has 0 aliphatic heterocycles. The van der Waals surface area contributed by atoms with Crippen molar-refractivity contribution in [2.45, 2.75) is 26.2 Å². The molecular formula is C21H23FN2O4. The molecule has 2 amide bonds. The van der Waals surface area contributed by atoms with E-state index in [0.29, 0.717) is 5.69 Å². The van der Waals surface area contributed by atoms with Crippen LogP contribution in [0.15, 0.2) is 48.5 Å². The Balaban J connectivity index is 1.75. The van der Waals surface area contributed by atoms with Gasteiger partial charge in [0.1, 0.15) is 12.4 Å². The molecule has 0 atom stereocenters. The molecule has 2 rings (SSSR count). The van der Waals surface area contributed by atoms with Crippen LogP contribution in [0.2, 0.25) is 0 Å². The smallest absolute Gasteiger partial charge is 0.325 e. The summed E-state index contributed by atoms with van der Waals surface area (Å²) < 4.78 is 18.3. The van der Waals surface area contributed by atoms with Crippen LogP contribution < -0.4 is 10.6 Å². The van der Waals surface area contributed by atoms with Crippen LogP contribution in [-0.2, 0) is 19.7 Å². The van der Waals surface area contributed by atoms with Crippen molar-refractivity contribution in [2.75, 3.05) is 18.5 Å². The standard InChI is InChI=1S/C21H23FN2O4/c1-21(2,3)14-8-10-15(11-9-14)24-18(25)13-28-19(26)12-23-20(27)16-6-4-5-7-17(16)22/h4-11H,12-13H2,1-3H3,(H,23,27)(H,24,25). The zero-order valence-corrected chi connectivity index (χ0v) is 16.0. The van der Waals surface area contributed by atoms with E-state index in [9.17, 15) is 18.8 Å². The van der Waals surface area contributed by atoms with Crippen molar-refractivity contribution in [3.05, 3.63) is 65.5 Å². The predicted molar refractivity (Wildman–Crippen MR) is 103 cm³/mol. The van der Waals surface area contributed by atoms with E-state index in [1.54, 1.807) is 12.1 Å². The third-order valence-corrected chi connectivity index (χ3v) is 3.91. The first-order valence-electron chi connectivity index (χ1n) is 8.75. The molecule has 0 aliphatic rings. The van der Waals surface area contributed by atoms with Crippen LogP contribution >= 0.6 is 0 Å². The van der Waals surface area contributed by atoms with Gasteiger partial charge in [-0.25, -0.2) is 4.39 Å². The molecule has 28 heavy (non-hydrogen) atoms. The van der Waals surface area contributed by atoms with Crippen LogP contribution in [0.4, 0.5) is 10.1 Å². The van der Waals surface area contributed by atoms with Gasteiger partial charge in [-0.2, -0.15) is 0 Å². The molecule has 0 bridgehead atoms. The van der Waals surface area contributed by atoms with Crippen LogP contribution in [0.3, 0.4) is 0 Å². The lowest BCUT2D eigenvalue weighted by Gasteiger charge is -2.19. The zero-order chi connectivity index (χ0) is 20.7. The average Bonchev–Trinajstić information content (AvgIpc) is 2.64. The summed E-state index contributed by atoms with van der Waals surface area (Å²) in [5.74, 6) is -2.73. The second-order valence-corrected chi connectivity index (χ2v) is 7.20. The SMILES string of the molecule is CC(C)(C)c1ccc(NC(=O)COC(=O)CNC(=O)c2ccccc2F)cc1. The lowest BCUT2D eigenvalue weighted by molar-refractivity contribution is -0.146. The van der Waals surface area contributed by atoms with Crippen LogP contribution in [0.1, 0.15) is 36.7 Å². The van der Waals surface area contributed by atoms with E-state index < -0.39 is 36.8 Å². The number of anilines is 1. The minimum atomic E-state index is -0.803. The first-order valence-corrected chi connectivity index (χ1v) is 8.75. The number of rotatable bonds is 6. The summed E-state index contributed by atoms with van der Waals surface area (Å²) in [7, 11) is 0. The second kappa shape index (κ2) is 9.12. The molecule has 0 aromatic heterocycles. The molecular weight excluding hydrogens is 363 g/mol. The third kappa shape index (κ3) is 6.19. The van der Waals surface area contributed by atoms with Gasteiger partial charge in [0.2, 0.25) is 0 Å². The Bertz CT molecular complexity index is 857. The van der Waals surface area contributed by atoms with Crippen molar-refractivity contribution in [3.63, 3.8) is 0 Å². The van der Waals surface area contributed by atoms with Crippen LogP contribution in [0, 0.1) is 5.82 Å². The van der Waals surface area contributed by atoms with Gasteiger partial charge in [0.15, 0.2) is 6.61 Å². The molecule has 0 aliphatic carbocycles. The molecule has 0 spiro atoms. The van der Waals surface area contributed by atoms with E-state index in [1.165, 1.54) is 18.2 Å². The lowest BCUT2D eigenvalue weighted by atomic mass is 9.87. The minimum absolute atomic E-state index is 0.00513. The van der Waals surface area contributed by atoms with Gasteiger partial charge in [0.25, 0.3) is 11.8 Å². The topological polar surface area (TPSA) is 84.5 Å². The first-order chi connectivity index (χ1) is 13.2. The first kappa shape index (κ1) is 21.1. The van der Waals surface area contributed by atoms with E-state index in [0.717, 1.165) is 11.6 Å². The van der Waals surface area contributed by atoms with E-state index >= 15 is 0 Å². The number of nitrogens with one attached hydrogen (secondary N) is 2. The van der Waals surface area contributed by atoms with E-state index in [-0.39, 0.29) is 11.0 Å². The molecule has 7 heteroatoms. The number of benzene rings is 2. The number of carbonyl (C=O) groups excluding carboxylic acids is 3. The maximum absolute atomic E-state index is 13.5. The number of hydrogen-bond acceptors (Lipinski definition) is 4. The van der Waals surface area contributed by atoms with Crippen molar-refractivity contribution in [1.29, 1.82) is 0 Å². The lowest BCUT2D eigenvalue weighted by Crippen LogP contribution is -2.32. The van der Waals surface area contributed by atoms with Crippen molar-refractivity contribution >= 4 is 23.5 Å². The zero-order valence-electron chi connectivity index (χ0n) is 16.0. The minimum Gasteiger partial charge on any atom is -0.454 e. The van der Waals surface area contributed by atoms with E-state index in [4.69, 9.17) is 4.74 Å². The quantitative estimate of drug-likeness (QED) is 0.748. The maximum Gasteiger partial charge on any atom is 0.325 e. The molecule has 6 nitrogen and oxygen atoms in total. The Morgan fingerprint density at radius 1 is 1.00 bits per heavy atom. The predicted octanol–water partition coefficient (Wildman–Crippen LogP) is 3.03. The third-order valence-electron chi connectivity index (χ3n) is 3.91. The highest BCUT2D eigenvalue weighted by molar-refractivity contribution is 5.96. The number of halogens is 1. The largest absolute Gasteiger partial charge is 0.454 e. The Morgan fingerprint density at radius 2 is 1.64 bits per heavy atom. The van der Waals surface area contributed by atoms with Gasteiger partial charge in [-0.05, 0) is 35.2 Å². The number of ether oxygens (including phenoxy) is 1. The average molecular weight is 386 g/mol. The highest BCUT2D eigenvalue weighted by Gasteiger charge is 2.15. The van der Waals surface area contributed by atoms with Gasteiger partial charge in [0, 0.05) is 5.69 Å². The summed E-state index contributed by atoms with van der Waals surface area (Å²) in [6.07, 6.45) is 0. The van der Waals surface area contributed by atoms with Gasteiger partial charge in [0.05, 0.1) is 5.56 Å². The maximum atomic E-state index is 13.5. The van der Waals surface area contributed by atoms with Crippen molar-refractivity contribution < 1.29 is 23.5 Å². The van der Waals surface area contributed by atoms with Gasteiger partial charge in [-0.15, -0.1) is 0 Å². The molecule has 2 N–H and O–H groups in total. The highest BCUT2D eigenvalue weighted by atomic mass is 19.1. The Kier molecular flexibility index (Phi) is 6.87. The van der Waals surface area contributed by atoms with Crippen LogP contribution in [-0.4, -0.2) is 30.9 Å².